The number of allylic oxidation sites excluding steroid dienone is 2. The van der Waals surface area contributed by atoms with E-state index in [1.54, 1.807) is 0 Å². The van der Waals surface area contributed by atoms with E-state index in [1.165, 1.54) is 22.3 Å². The number of hydrogen-bond acceptors (Lipinski definition) is 1. The van der Waals surface area contributed by atoms with Crippen molar-refractivity contribution in [2.24, 2.45) is 0 Å². The van der Waals surface area contributed by atoms with Crippen molar-refractivity contribution in [3.05, 3.63) is 89.0 Å². The molecule has 1 unspecified atom stereocenters. The molecule has 3 rings (SSSR count). The summed E-state index contributed by atoms with van der Waals surface area (Å²) in [7, 11) is 0. The molecule has 136 valence electrons. The van der Waals surface area contributed by atoms with Crippen LogP contribution in [-0.4, -0.2) is 5.60 Å². The topological polar surface area (TPSA) is 9.23 Å². The summed E-state index contributed by atoms with van der Waals surface area (Å²) in [6.07, 6.45) is 7.54. The average molecular weight is 347 g/mol. The molecule has 1 aliphatic heterocycles. The van der Waals surface area contributed by atoms with Gasteiger partial charge in [-0.15, -0.1) is 0 Å². The number of ether oxygens (including phenoxy) is 1. The minimum atomic E-state index is -0.246. The third-order valence-corrected chi connectivity index (χ3v) is 5.26. The van der Waals surface area contributed by atoms with Gasteiger partial charge < -0.3 is 4.74 Å². The Hall–Kier alpha value is -2.28. The lowest BCUT2D eigenvalue weighted by atomic mass is 9.72. The van der Waals surface area contributed by atoms with E-state index in [9.17, 15) is 0 Å². The highest BCUT2D eigenvalue weighted by Crippen LogP contribution is 2.46. The average Bonchev–Trinajstić information content (AvgIpc) is 2.65. The Bertz CT molecular complexity index is 770. The van der Waals surface area contributed by atoms with Crippen molar-refractivity contribution in [2.75, 3.05) is 0 Å². The highest BCUT2D eigenvalue weighted by Gasteiger charge is 2.44. The molecule has 0 fully saturated rings. The Morgan fingerprint density at radius 2 is 1.46 bits per heavy atom. The molecule has 0 radical (unpaired) electrons. The minimum Gasteiger partial charge on any atom is -0.486 e. The van der Waals surface area contributed by atoms with Crippen LogP contribution in [0.2, 0.25) is 0 Å². The molecule has 2 aromatic rings. The van der Waals surface area contributed by atoms with Gasteiger partial charge in [0.1, 0.15) is 11.4 Å². The van der Waals surface area contributed by atoms with Gasteiger partial charge in [-0.05, 0) is 51.3 Å². The monoisotopic (exact) mass is 346 g/mol. The van der Waals surface area contributed by atoms with Crippen LogP contribution in [0.3, 0.4) is 0 Å². The largest absolute Gasteiger partial charge is 0.486 e. The maximum absolute atomic E-state index is 6.80. The van der Waals surface area contributed by atoms with Crippen molar-refractivity contribution in [2.45, 2.75) is 58.5 Å². The zero-order chi connectivity index (χ0) is 18.6. The van der Waals surface area contributed by atoms with Crippen LogP contribution in [0.1, 0.15) is 57.6 Å². The van der Waals surface area contributed by atoms with Crippen LogP contribution < -0.4 is 4.74 Å². The SMILES string of the molecule is CC(C)=CCC1(CC=C(C)C)Oc2ccccc2CC1c1ccccc1. The van der Waals surface area contributed by atoms with Crippen molar-refractivity contribution >= 4 is 0 Å². The molecule has 0 aromatic heterocycles. The molecular formula is C25H30O. The van der Waals surface area contributed by atoms with E-state index in [1.807, 2.05) is 0 Å². The fraction of sp³-hybridized carbons (Fsp3) is 0.360. The second-order valence-corrected chi connectivity index (χ2v) is 7.91. The first-order valence-electron chi connectivity index (χ1n) is 9.59. The molecule has 26 heavy (non-hydrogen) atoms. The molecule has 0 saturated carbocycles. The van der Waals surface area contributed by atoms with Gasteiger partial charge in [-0.25, -0.2) is 0 Å². The van der Waals surface area contributed by atoms with Crippen LogP contribution >= 0.6 is 0 Å². The van der Waals surface area contributed by atoms with Gasteiger partial charge >= 0.3 is 0 Å². The van der Waals surface area contributed by atoms with Gasteiger partial charge in [0.15, 0.2) is 0 Å². The number of hydrogen-bond donors (Lipinski definition) is 0. The normalized spacial score (nSPS) is 17.6. The molecule has 2 aromatic carbocycles. The lowest BCUT2D eigenvalue weighted by Gasteiger charge is -2.45. The van der Waals surface area contributed by atoms with Crippen molar-refractivity contribution < 1.29 is 4.74 Å². The summed E-state index contributed by atoms with van der Waals surface area (Å²) in [4.78, 5) is 0. The summed E-state index contributed by atoms with van der Waals surface area (Å²) in [5.41, 5.74) is 5.12. The van der Waals surface area contributed by atoms with Crippen LogP contribution in [-0.2, 0) is 6.42 Å². The standard InChI is InChI=1S/C25H30O/c1-19(2)14-16-25(17-15-20(3)4)23(21-10-6-5-7-11-21)18-22-12-8-9-13-24(22)26-25/h5-15,23H,16-18H2,1-4H3. The maximum atomic E-state index is 6.80. The summed E-state index contributed by atoms with van der Waals surface area (Å²) < 4.78 is 6.80. The van der Waals surface area contributed by atoms with Crippen LogP contribution in [0, 0.1) is 0 Å². The molecule has 1 atom stereocenters. The molecule has 1 heteroatoms. The Morgan fingerprint density at radius 1 is 0.885 bits per heavy atom. The summed E-state index contributed by atoms with van der Waals surface area (Å²) >= 11 is 0. The zero-order valence-corrected chi connectivity index (χ0v) is 16.5. The summed E-state index contributed by atoms with van der Waals surface area (Å²) in [5, 5.41) is 0. The predicted molar refractivity (Wildman–Crippen MR) is 111 cm³/mol. The van der Waals surface area contributed by atoms with Gasteiger partial charge in [0.25, 0.3) is 0 Å². The highest BCUT2D eigenvalue weighted by molar-refractivity contribution is 5.41. The van der Waals surface area contributed by atoms with E-state index < -0.39 is 0 Å². The number of benzene rings is 2. The first kappa shape index (κ1) is 18.5. The highest BCUT2D eigenvalue weighted by atomic mass is 16.5. The van der Waals surface area contributed by atoms with E-state index in [4.69, 9.17) is 4.74 Å². The molecule has 0 bridgehead atoms. The molecule has 0 aliphatic carbocycles. The fourth-order valence-electron chi connectivity index (χ4n) is 3.78. The Balaban J connectivity index is 2.11. The molecule has 1 nitrogen and oxygen atoms in total. The van der Waals surface area contributed by atoms with Gasteiger partial charge in [-0.3, -0.25) is 0 Å². The number of para-hydroxylation sites is 1. The third-order valence-electron chi connectivity index (χ3n) is 5.26. The molecule has 0 amide bonds. The Labute approximate surface area is 158 Å². The summed E-state index contributed by atoms with van der Waals surface area (Å²) in [6, 6.07) is 19.4. The van der Waals surface area contributed by atoms with E-state index in [-0.39, 0.29) is 5.60 Å². The van der Waals surface area contributed by atoms with Crippen molar-refractivity contribution in [3.8, 4) is 5.75 Å². The second-order valence-electron chi connectivity index (χ2n) is 7.91. The first-order chi connectivity index (χ1) is 12.5. The summed E-state index contributed by atoms with van der Waals surface area (Å²) in [6.45, 7) is 8.68. The molecule has 0 spiro atoms. The van der Waals surface area contributed by atoms with Crippen LogP contribution in [0.15, 0.2) is 77.9 Å². The van der Waals surface area contributed by atoms with E-state index in [2.05, 4.69) is 94.4 Å². The van der Waals surface area contributed by atoms with Gasteiger partial charge in [0.2, 0.25) is 0 Å². The van der Waals surface area contributed by atoms with Crippen molar-refractivity contribution in [1.29, 1.82) is 0 Å². The Morgan fingerprint density at radius 3 is 2.08 bits per heavy atom. The van der Waals surface area contributed by atoms with Crippen LogP contribution in [0.25, 0.3) is 0 Å². The predicted octanol–water partition coefficient (Wildman–Crippen LogP) is 6.86. The van der Waals surface area contributed by atoms with Crippen LogP contribution in [0.4, 0.5) is 0 Å². The number of fused-ring (bicyclic) bond motifs is 1. The molecule has 0 N–H and O–H groups in total. The lowest BCUT2D eigenvalue weighted by Crippen LogP contribution is -2.45. The van der Waals surface area contributed by atoms with Crippen molar-refractivity contribution in [1.82, 2.24) is 0 Å². The smallest absolute Gasteiger partial charge is 0.123 e. The van der Waals surface area contributed by atoms with E-state index in [0.29, 0.717) is 5.92 Å². The van der Waals surface area contributed by atoms with Gasteiger partial charge in [0.05, 0.1) is 0 Å². The maximum Gasteiger partial charge on any atom is 0.123 e. The molecule has 0 saturated heterocycles. The molecular weight excluding hydrogens is 316 g/mol. The van der Waals surface area contributed by atoms with Crippen LogP contribution in [0.5, 0.6) is 5.75 Å². The van der Waals surface area contributed by atoms with Gasteiger partial charge in [-0.2, -0.15) is 0 Å². The first-order valence-corrected chi connectivity index (χ1v) is 9.59. The third kappa shape index (κ3) is 4.09. The fourth-order valence-corrected chi connectivity index (χ4v) is 3.78. The molecule has 1 aliphatic rings. The Kier molecular flexibility index (Phi) is 5.66. The quantitative estimate of drug-likeness (QED) is 0.537. The lowest BCUT2D eigenvalue weighted by molar-refractivity contribution is 0.0294. The minimum absolute atomic E-state index is 0.246. The second kappa shape index (κ2) is 7.95. The van der Waals surface area contributed by atoms with Gasteiger partial charge in [-0.1, -0.05) is 71.8 Å². The summed E-state index contributed by atoms with van der Waals surface area (Å²) in [5.74, 6) is 1.38. The van der Waals surface area contributed by atoms with E-state index in [0.717, 1.165) is 25.0 Å². The van der Waals surface area contributed by atoms with Crippen molar-refractivity contribution in [3.63, 3.8) is 0 Å². The number of rotatable bonds is 5. The van der Waals surface area contributed by atoms with E-state index >= 15 is 0 Å². The zero-order valence-electron chi connectivity index (χ0n) is 16.5. The van der Waals surface area contributed by atoms with Gasteiger partial charge in [0, 0.05) is 18.8 Å². The molecule has 1 heterocycles.